The number of carbonyl (C=O) groups excluding carboxylic acids is 2. The normalized spacial score (nSPS) is 14.3. The van der Waals surface area contributed by atoms with Gasteiger partial charge in [-0.3, -0.25) is 14.2 Å². The lowest BCUT2D eigenvalue weighted by Gasteiger charge is -2.30. The average molecular weight is 1180 g/mol. The minimum absolute atomic E-state index is 0.0376. The highest BCUT2D eigenvalue weighted by molar-refractivity contribution is 7.45. The summed E-state index contributed by atoms with van der Waals surface area (Å²) < 4.78 is 30.4. The Kier molecular flexibility index (Phi) is 58.8. The molecule has 1 amide bonds. The Balaban J connectivity index is 5.28. The first kappa shape index (κ1) is 79.4. The van der Waals surface area contributed by atoms with E-state index in [2.05, 4.69) is 135 Å². The van der Waals surface area contributed by atoms with E-state index >= 15 is 0 Å². The Hall–Kier alpha value is -3.59. The Bertz CT molecular complexity index is 1830. The van der Waals surface area contributed by atoms with Crippen LogP contribution in [-0.4, -0.2) is 69.4 Å². The largest absolute Gasteiger partial charge is 0.756 e. The summed E-state index contributed by atoms with van der Waals surface area (Å²) in [7, 11) is 1.14. The third kappa shape index (κ3) is 62.8. The van der Waals surface area contributed by atoms with Gasteiger partial charge in [0.1, 0.15) is 19.3 Å². The Labute approximate surface area is 512 Å². The molecule has 0 heterocycles. The van der Waals surface area contributed by atoms with Crippen LogP contribution >= 0.6 is 7.82 Å². The van der Waals surface area contributed by atoms with Gasteiger partial charge in [0.25, 0.3) is 7.82 Å². The second-order valence-electron chi connectivity index (χ2n) is 23.6. The minimum Gasteiger partial charge on any atom is -0.756 e. The zero-order valence-corrected chi connectivity index (χ0v) is 55.3. The smallest absolute Gasteiger partial charge is 0.306 e. The molecule has 0 aliphatic rings. The number of unbranched alkanes of at least 4 members (excludes halogenated alkanes) is 26. The van der Waals surface area contributed by atoms with E-state index in [0.29, 0.717) is 23.9 Å². The molecule has 0 aromatic rings. The van der Waals surface area contributed by atoms with Gasteiger partial charge in [-0.1, -0.05) is 265 Å². The summed E-state index contributed by atoms with van der Waals surface area (Å²) in [5.74, 6) is -0.599. The number of ether oxygens (including phenoxy) is 1. The van der Waals surface area contributed by atoms with E-state index in [9.17, 15) is 19.0 Å². The third-order valence-electron chi connectivity index (χ3n) is 14.4. The van der Waals surface area contributed by atoms with Crippen LogP contribution in [0, 0.1) is 0 Å². The lowest BCUT2D eigenvalue weighted by Crippen LogP contribution is -2.47. The summed E-state index contributed by atoms with van der Waals surface area (Å²) in [6.07, 6.45) is 86.0. The highest BCUT2D eigenvalue weighted by atomic mass is 31.2. The van der Waals surface area contributed by atoms with Crippen LogP contribution in [0.1, 0.15) is 278 Å². The molecule has 3 atom stereocenters. The van der Waals surface area contributed by atoms with Crippen molar-refractivity contribution in [1.82, 2.24) is 5.32 Å². The van der Waals surface area contributed by atoms with Crippen LogP contribution in [0.15, 0.2) is 122 Å². The number of nitrogens with one attached hydrogen (secondary N) is 1. The number of hydrogen-bond acceptors (Lipinski definition) is 7. The van der Waals surface area contributed by atoms with E-state index in [-0.39, 0.29) is 31.3 Å². The van der Waals surface area contributed by atoms with E-state index in [1.807, 2.05) is 33.3 Å². The standard InChI is InChI=1S/C73H127N2O7P/c1-7-10-13-16-19-22-25-28-30-32-34-36-37-39-41-43-45-48-51-54-57-60-63-66-73(77)82-71(64-61-58-55-52-49-46-27-24-21-18-15-12-9-3)70(69-81-83(78,79)80-68-67-75(4,5)6)74-72(76)65-62-59-56-53-50-47-44-42-40-38-35-33-31-29-26-23-20-17-14-11-8-2/h11,14,19-20,22-23,28-31,34-36,38,42,44,50,53,61,64,70-71H,7-10,12-13,15-18,21,24-27,32-33,37,39-41,43,45-49,51-52,54-60,62-63,65-69H2,1-6H3,(H-,74,76,78,79)/b14-11-,22-19-,23-20-,30-28-,31-29-,36-34-,38-35-,44-42-,53-50-,64-61+. The number of esters is 1. The zero-order chi connectivity index (χ0) is 60.7. The molecule has 9 nitrogen and oxygen atoms in total. The van der Waals surface area contributed by atoms with Crippen molar-refractivity contribution in [2.24, 2.45) is 0 Å². The number of likely N-dealkylation sites (N-methyl/N-ethyl adjacent to an activating group) is 1. The molecule has 0 radical (unpaired) electrons. The van der Waals surface area contributed by atoms with Crippen molar-refractivity contribution in [2.45, 2.75) is 290 Å². The second kappa shape index (κ2) is 61.5. The quantitative estimate of drug-likeness (QED) is 0.0212. The number of amides is 1. The van der Waals surface area contributed by atoms with Crippen molar-refractivity contribution in [3.8, 4) is 0 Å². The number of phosphoric ester groups is 1. The molecule has 1 N–H and O–H groups in total. The van der Waals surface area contributed by atoms with Crippen molar-refractivity contribution >= 4 is 19.7 Å². The Morgan fingerprint density at radius 3 is 1.19 bits per heavy atom. The van der Waals surface area contributed by atoms with Gasteiger partial charge in [0.05, 0.1) is 33.8 Å². The molecular weight excluding hydrogens is 1050 g/mol. The summed E-state index contributed by atoms with van der Waals surface area (Å²) in [4.78, 5) is 40.1. The van der Waals surface area contributed by atoms with E-state index in [1.54, 1.807) is 0 Å². The maximum absolute atomic E-state index is 13.6. The van der Waals surface area contributed by atoms with Gasteiger partial charge in [0.2, 0.25) is 5.91 Å². The van der Waals surface area contributed by atoms with Gasteiger partial charge in [-0.15, -0.1) is 0 Å². The lowest BCUT2D eigenvalue weighted by atomic mass is 10.0. The molecule has 476 valence electrons. The monoisotopic (exact) mass is 1170 g/mol. The fourth-order valence-corrected chi connectivity index (χ4v) is 9.90. The Morgan fingerprint density at radius 1 is 0.434 bits per heavy atom. The number of carbonyl (C=O) groups is 2. The lowest BCUT2D eigenvalue weighted by molar-refractivity contribution is -0.870. The number of hydrogen-bond donors (Lipinski definition) is 1. The topological polar surface area (TPSA) is 114 Å². The summed E-state index contributed by atoms with van der Waals surface area (Å²) in [6.45, 7) is 6.67. The number of phosphoric acid groups is 1. The van der Waals surface area contributed by atoms with Crippen molar-refractivity contribution in [3.05, 3.63) is 122 Å². The number of quaternary nitrogens is 1. The van der Waals surface area contributed by atoms with Gasteiger partial charge >= 0.3 is 5.97 Å². The van der Waals surface area contributed by atoms with E-state index < -0.39 is 26.6 Å². The van der Waals surface area contributed by atoms with Gasteiger partial charge in [0.15, 0.2) is 0 Å². The highest BCUT2D eigenvalue weighted by Gasteiger charge is 2.27. The highest BCUT2D eigenvalue weighted by Crippen LogP contribution is 2.38. The van der Waals surface area contributed by atoms with Crippen molar-refractivity contribution in [3.63, 3.8) is 0 Å². The molecule has 0 spiro atoms. The maximum Gasteiger partial charge on any atom is 0.306 e. The van der Waals surface area contributed by atoms with Gasteiger partial charge in [-0.2, -0.15) is 0 Å². The first-order valence-corrected chi connectivity index (χ1v) is 35.3. The van der Waals surface area contributed by atoms with Gasteiger partial charge in [-0.25, -0.2) is 0 Å². The summed E-state index contributed by atoms with van der Waals surface area (Å²) >= 11 is 0. The molecule has 3 unspecified atom stereocenters. The second-order valence-corrected chi connectivity index (χ2v) is 25.0. The molecule has 0 fully saturated rings. The van der Waals surface area contributed by atoms with Crippen LogP contribution in [0.5, 0.6) is 0 Å². The molecule has 10 heteroatoms. The predicted octanol–water partition coefficient (Wildman–Crippen LogP) is 20.8. The number of rotatable bonds is 60. The number of nitrogens with zero attached hydrogens (tertiary/aromatic N) is 1. The van der Waals surface area contributed by atoms with E-state index in [4.69, 9.17) is 13.8 Å². The van der Waals surface area contributed by atoms with Gasteiger partial charge in [0, 0.05) is 12.8 Å². The van der Waals surface area contributed by atoms with E-state index in [0.717, 1.165) is 109 Å². The molecule has 0 bridgehead atoms. The predicted molar refractivity (Wildman–Crippen MR) is 357 cm³/mol. The van der Waals surface area contributed by atoms with Crippen LogP contribution in [0.3, 0.4) is 0 Å². The molecule has 83 heavy (non-hydrogen) atoms. The van der Waals surface area contributed by atoms with Crippen LogP contribution in [0.2, 0.25) is 0 Å². The van der Waals surface area contributed by atoms with Crippen LogP contribution in [0.25, 0.3) is 0 Å². The van der Waals surface area contributed by atoms with Crippen LogP contribution in [-0.2, 0) is 27.9 Å². The third-order valence-corrected chi connectivity index (χ3v) is 15.3. The maximum atomic E-state index is 13.6. The summed E-state index contributed by atoms with van der Waals surface area (Å²) in [5.41, 5.74) is 0. The van der Waals surface area contributed by atoms with Gasteiger partial charge < -0.3 is 28.5 Å². The van der Waals surface area contributed by atoms with Crippen molar-refractivity contribution in [2.75, 3.05) is 40.9 Å². The number of allylic oxidation sites excluding steroid dienone is 19. The first-order chi connectivity index (χ1) is 40.4. The zero-order valence-electron chi connectivity index (χ0n) is 54.4. The molecule has 0 aliphatic heterocycles. The SMILES string of the molecule is CC/C=C\C/C=C\C/C=C\C/C=C\C/C=C\C/C=C\CCCCC(=O)NC(COP(=O)([O-])OCC[N+](C)(C)C)C(/C=C/CCCCCCCCCCCCC)OC(=O)CCCCCCCCCCCC/C=C\C/C=C\C/C=C\CCCCC. The molecular formula is C73H127N2O7P. The minimum atomic E-state index is -4.72. The fourth-order valence-electron chi connectivity index (χ4n) is 9.18. The molecule has 0 aromatic heterocycles. The fraction of sp³-hybridized carbons (Fsp3) is 0.699. The molecule has 0 saturated heterocycles. The van der Waals surface area contributed by atoms with Gasteiger partial charge in [-0.05, 0) is 122 Å². The van der Waals surface area contributed by atoms with E-state index in [1.165, 1.54) is 122 Å². The van der Waals surface area contributed by atoms with Crippen LogP contribution < -0.4 is 10.2 Å². The van der Waals surface area contributed by atoms with Crippen LogP contribution in [0.4, 0.5) is 0 Å². The molecule has 0 rings (SSSR count). The molecule has 0 aromatic carbocycles. The van der Waals surface area contributed by atoms with Crippen molar-refractivity contribution in [1.29, 1.82) is 0 Å². The average Bonchev–Trinajstić information content (AvgIpc) is 3.46. The van der Waals surface area contributed by atoms with Crippen molar-refractivity contribution < 1.29 is 37.3 Å². The molecule has 0 aliphatic carbocycles. The first-order valence-electron chi connectivity index (χ1n) is 33.8. The summed E-state index contributed by atoms with van der Waals surface area (Å²) in [5, 5.41) is 3.01. The summed E-state index contributed by atoms with van der Waals surface area (Å²) in [6, 6.07) is -0.922. The molecule has 0 saturated carbocycles. The Morgan fingerprint density at radius 2 is 0.771 bits per heavy atom.